The van der Waals surface area contributed by atoms with Crippen molar-refractivity contribution in [3.05, 3.63) is 58.3 Å². The normalized spacial score (nSPS) is 13.7. The second-order valence-corrected chi connectivity index (χ2v) is 6.30. The molecule has 0 saturated heterocycles. The third-order valence-electron chi connectivity index (χ3n) is 3.36. The lowest BCUT2D eigenvalue weighted by Gasteiger charge is -2.16. The van der Waals surface area contributed by atoms with E-state index in [4.69, 9.17) is 0 Å². The molecule has 0 aliphatic rings. The summed E-state index contributed by atoms with van der Waals surface area (Å²) < 4.78 is 0. The van der Waals surface area contributed by atoms with Gasteiger partial charge in [0.1, 0.15) is 0 Å². The minimum atomic E-state index is 0.130. The van der Waals surface area contributed by atoms with Gasteiger partial charge in [0, 0.05) is 23.8 Å². The van der Waals surface area contributed by atoms with Gasteiger partial charge < -0.3 is 5.32 Å². The molecule has 2 nitrogen and oxygen atoms in total. The van der Waals surface area contributed by atoms with Crippen LogP contribution in [0.5, 0.6) is 0 Å². The van der Waals surface area contributed by atoms with Crippen LogP contribution >= 0.6 is 11.3 Å². The van der Waals surface area contributed by atoms with Gasteiger partial charge in [-0.1, -0.05) is 43.3 Å². The van der Waals surface area contributed by atoms with E-state index in [1.807, 2.05) is 24.3 Å². The predicted octanol–water partition coefficient (Wildman–Crippen LogP) is 3.99. The van der Waals surface area contributed by atoms with Gasteiger partial charge in [-0.25, -0.2) is 0 Å². The Morgan fingerprint density at radius 2 is 1.90 bits per heavy atom. The fourth-order valence-corrected chi connectivity index (χ4v) is 3.13. The van der Waals surface area contributed by atoms with Crippen LogP contribution in [-0.4, -0.2) is 11.9 Å². The van der Waals surface area contributed by atoms with E-state index in [1.165, 1.54) is 10.4 Å². The van der Waals surface area contributed by atoms with E-state index in [2.05, 4.69) is 42.7 Å². The molecule has 2 aromatic rings. The lowest BCUT2D eigenvalue weighted by atomic mass is 9.97. The van der Waals surface area contributed by atoms with Crippen LogP contribution in [0.15, 0.2) is 47.8 Å². The minimum absolute atomic E-state index is 0.130. The van der Waals surface area contributed by atoms with Gasteiger partial charge in [-0.15, -0.1) is 11.3 Å². The van der Waals surface area contributed by atoms with E-state index in [9.17, 15) is 4.79 Å². The average molecular weight is 287 g/mol. The van der Waals surface area contributed by atoms with Crippen molar-refractivity contribution in [3.8, 4) is 0 Å². The first-order valence-corrected chi connectivity index (χ1v) is 7.90. The first kappa shape index (κ1) is 14.8. The Labute approximate surface area is 124 Å². The lowest BCUT2D eigenvalue weighted by Crippen LogP contribution is -2.34. The molecule has 2 atom stereocenters. The highest BCUT2D eigenvalue weighted by molar-refractivity contribution is 7.09. The third-order valence-corrected chi connectivity index (χ3v) is 4.25. The van der Waals surface area contributed by atoms with E-state index in [-0.39, 0.29) is 17.9 Å². The molecular weight excluding hydrogens is 266 g/mol. The number of carbonyl (C=O) groups excluding carboxylic acids is 1. The van der Waals surface area contributed by atoms with Crippen molar-refractivity contribution < 1.29 is 4.79 Å². The van der Waals surface area contributed by atoms with Gasteiger partial charge >= 0.3 is 0 Å². The molecule has 2 rings (SSSR count). The third kappa shape index (κ3) is 4.49. The Bertz CT molecular complexity index is 521. The second-order valence-electron chi connectivity index (χ2n) is 5.27. The quantitative estimate of drug-likeness (QED) is 0.855. The molecule has 0 aliphatic heterocycles. The van der Waals surface area contributed by atoms with E-state index in [1.54, 1.807) is 11.3 Å². The molecule has 106 valence electrons. The molecular formula is C17H21NOS. The zero-order valence-electron chi connectivity index (χ0n) is 12.0. The first-order valence-electron chi connectivity index (χ1n) is 7.02. The maximum atomic E-state index is 12.1. The van der Waals surface area contributed by atoms with Gasteiger partial charge in [-0.05, 0) is 29.9 Å². The van der Waals surface area contributed by atoms with Gasteiger partial charge in [0.05, 0.1) is 0 Å². The zero-order chi connectivity index (χ0) is 14.4. The summed E-state index contributed by atoms with van der Waals surface area (Å²) in [6.07, 6.45) is 1.45. The van der Waals surface area contributed by atoms with Crippen molar-refractivity contribution in [2.75, 3.05) is 0 Å². The monoisotopic (exact) mass is 287 g/mol. The van der Waals surface area contributed by atoms with Crippen LogP contribution in [0.1, 0.15) is 36.6 Å². The van der Waals surface area contributed by atoms with Gasteiger partial charge in [0.2, 0.25) is 5.91 Å². The molecule has 0 spiro atoms. The highest BCUT2D eigenvalue weighted by Gasteiger charge is 2.13. The summed E-state index contributed by atoms with van der Waals surface area (Å²) in [6.45, 7) is 4.16. The summed E-state index contributed by atoms with van der Waals surface area (Å²) in [5, 5.41) is 5.16. The van der Waals surface area contributed by atoms with Crippen LogP contribution in [0, 0.1) is 0 Å². The number of carbonyl (C=O) groups is 1. The minimum Gasteiger partial charge on any atom is -0.353 e. The fraction of sp³-hybridized carbons (Fsp3) is 0.353. The number of hydrogen-bond acceptors (Lipinski definition) is 2. The molecule has 0 fully saturated rings. The van der Waals surface area contributed by atoms with Gasteiger partial charge in [0.25, 0.3) is 0 Å². The van der Waals surface area contributed by atoms with Crippen LogP contribution in [-0.2, 0) is 11.2 Å². The number of thiophene rings is 1. The number of benzene rings is 1. The maximum Gasteiger partial charge on any atom is 0.220 e. The summed E-state index contributed by atoms with van der Waals surface area (Å²) in [6, 6.07) is 14.5. The Kier molecular flexibility index (Phi) is 5.36. The molecule has 2 unspecified atom stereocenters. The van der Waals surface area contributed by atoms with Crippen molar-refractivity contribution >= 4 is 17.2 Å². The van der Waals surface area contributed by atoms with Crippen LogP contribution in [0.25, 0.3) is 0 Å². The van der Waals surface area contributed by atoms with E-state index < -0.39 is 0 Å². The van der Waals surface area contributed by atoms with Crippen molar-refractivity contribution in [2.24, 2.45) is 0 Å². The molecule has 0 bridgehead atoms. The van der Waals surface area contributed by atoms with E-state index in [0.29, 0.717) is 6.42 Å². The summed E-state index contributed by atoms with van der Waals surface area (Å²) in [4.78, 5) is 13.4. The molecule has 1 N–H and O–H groups in total. The topological polar surface area (TPSA) is 29.1 Å². The standard InChI is InChI=1S/C17H21NOS/c1-13(15-7-4-3-5-8-15)11-17(19)18-14(2)12-16-9-6-10-20-16/h3-10,13-14H,11-12H2,1-2H3,(H,18,19). The summed E-state index contributed by atoms with van der Waals surface area (Å²) in [7, 11) is 0. The summed E-state index contributed by atoms with van der Waals surface area (Å²) in [5.74, 6) is 0.385. The average Bonchev–Trinajstić information content (AvgIpc) is 2.92. The second kappa shape index (κ2) is 7.25. The molecule has 1 aromatic carbocycles. The lowest BCUT2D eigenvalue weighted by molar-refractivity contribution is -0.122. The summed E-state index contributed by atoms with van der Waals surface area (Å²) in [5.41, 5.74) is 1.22. The van der Waals surface area contributed by atoms with Crippen LogP contribution < -0.4 is 5.32 Å². The predicted molar refractivity (Wildman–Crippen MR) is 85.1 cm³/mol. The Morgan fingerprint density at radius 3 is 2.55 bits per heavy atom. The maximum absolute atomic E-state index is 12.1. The molecule has 1 heterocycles. The zero-order valence-corrected chi connectivity index (χ0v) is 12.8. The number of rotatable bonds is 6. The largest absolute Gasteiger partial charge is 0.353 e. The molecule has 1 amide bonds. The SMILES string of the molecule is CC(Cc1cccs1)NC(=O)CC(C)c1ccccc1. The fourth-order valence-electron chi connectivity index (χ4n) is 2.29. The van der Waals surface area contributed by atoms with Crippen LogP contribution in [0.4, 0.5) is 0 Å². The van der Waals surface area contributed by atoms with Crippen LogP contribution in [0.2, 0.25) is 0 Å². The van der Waals surface area contributed by atoms with Crippen molar-refractivity contribution in [1.82, 2.24) is 5.32 Å². The molecule has 0 radical (unpaired) electrons. The highest BCUT2D eigenvalue weighted by Crippen LogP contribution is 2.18. The van der Waals surface area contributed by atoms with Crippen molar-refractivity contribution in [1.29, 1.82) is 0 Å². The van der Waals surface area contributed by atoms with Gasteiger partial charge in [0.15, 0.2) is 0 Å². The molecule has 1 aromatic heterocycles. The molecule has 3 heteroatoms. The van der Waals surface area contributed by atoms with Crippen molar-refractivity contribution in [2.45, 2.75) is 38.6 Å². The summed E-state index contributed by atoms with van der Waals surface area (Å²) >= 11 is 1.74. The van der Waals surface area contributed by atoms with E-state index in [0.717, 1.165) is 6.42 Å². The highest BCUT2D eigenvalue weighted by atomic mass is 32.1. The molecule has 0 aliphatic carbocycles. The smallest absolute Gasteiger partial charge is 0.220 e. The van der Waals surface area contributed by atoms with E-state index >= 15 is 0 Å². The molecule has 0 saturated carbocycles. The number of nitrogens with one attached hydrogen (secondary N) is 1. The van der Waals surface area contributed by atoms with Crippen molar-refractivity contribution in [3.63, 3.8) is 0 Å². The Morgan fingerprint density at radius 1 is 1.15 bits per heavy atom. The number of hydrogen-bond donors (Lipinski definition) is 1. The Balaban J connectivity index is 1.80. The number of amides is 1. The first-order chi connectivity index (χ1) is 9.65. The Hall–Kier alpha value is -1.61. The molecule has 20 heavy (non-hydrogen) atoms. The van der Waals surface area contributed by atoms with Crippen LogP contribution in [0.3, 0.4) is 0 Å². The van der Waals surface area contributed by atoms with Gasteiger partial charge in [-0.2, -0.15) is 0 Å². The van der Waals surface area contributed by atoms with Gasteiger partial charge in [-0.3, -0.25) is 4.79 Å².